The van der Waals surface area contributed by atoms with Gasteiger partial charge in [0.25, 0.3) is 0 Å². The standard InChI is InChI=1S/C15H20N4O2/c1-21-10-9-17-15(20)16-8-7-13-11-18-19(12-13)14-5-3-2-4-6-14/h2-6,11-12H,7-10H2,1H3,(H2,16,17,20). The molecular formula is C15H20N4O2. The molecule has 2 N–H and O–H groups in total. The van der Waals surface area contributed by atoms with E-state index in [1.807, 2.05) is 47.4 Å². The van der Waals surface area contributed by atoms with Gasteiger partial charge in [0.1, 0.15) is 0 Å². The highest BCUT2D eigenvalue weighted by Gasteiger charge is 2.02. The van der Waals surface area contributed by atoms with Crippen LogP contribution in [0, 0.1) is 0 Å². The third kappa shape index (κ3) is 4.92. The van der Waals surface area contributed by atoms with Crippen LogP contribution in [0.5, 0.6) is 0 Å². The minimum Gasteiger partial charge on any atom is -0.383 e. The number of aromatic nitrogens is 2. The van der Waals surface area contributed by atoms with E-state index in [-0.39, 0.29) is 6.03 Å². The van der Waals surface area contributed by atoms with Gasteiger partial charge in [-0.15, -0.1) is 0 Å². The number of urea groups is 1. The summed E-state index contributed by atoms with van der Waals surface area (Å²) in [5, 5.41) is 9.82. The summed E-state index contributed by atoms with van der Waals surface area (Å²) in [6, 6.07) is 9.74. The maximum absolute atomic E-state index is 11.4. The number of benzene rings is 1. The number of amides is 2. The van der Waals surface area contributed by atoms with E-state index < -0.39 is 0 Å². The van der Waals surface area contributed by atoms with Crippen LogP contribution in [0.2, 0.25) is 0 Å². The minimum atomic E-state index is -0.178. The fraction of sp³-hybridized carbons (Fsp3) is 0.333. The Balaban J connectivity index is 1.75. The first-order valence-corrected chi connectivity index (χ1v) is 6.89. The minimum absolute atomic E-state index is 0.178. The van der Waals surface area contributed by atoms with Crippen LogP contribution in [0.15, 0.2) is 42.7 Å². The van der Waals surface area contributed by atoms with E-state index in [1.165, 1.54) is 0 Å². The van der Waals surface area contributed by atoms with Crippen LogP contribution in [-0.2, 0) is 11.2 Å². The molecule has 0 atom stereocenters. The van der Waals surface area contributed by atoms with Crippen LogP contribution >= 0.6 is 0 Å². The molecule has 0 aliphatic rings. The van der Waals surface area contributed by atoms with E-state index in [4.69, 9.17) is 4.74 Å². The molecule has 2 aromatic rings. The number of methoxy groups -OCH3 is 1. The molecule has 2 rings (SSSR count). The fourth-order valence-corrected chi connectivity index (χ4v) is 1.86. The van der Waals surface area contributed by atoms with Crippen LogP contribution < -0.4 is 10.6 Å². The fourth-order valence-electron chi connectivity index (χ4n) is 1.86. The number of para-hydroxylation sites is 1. The number of hydrogen-bond donors (Lipinski definition) is 2. The number of nitrogens with zero attached hydrogens (tertiary/aromatic N) is 2. The summed E-state index contributed by atoms with van der Waals surface area (Å²) in [5.74, 6) is 0. The second-order valence-electron chi connectivity index (χ2n) is 4.55. The zero-order valence-electron chi connectivity index (χ0n) is 12.1. The van der Waals surface area contributed by atoms with Crippen molar-refractivity contribution in [3.63, 3.8) is 0 Å². The van der Waals surface area contributed by atoms with Gasteiger partial charge in [0, 0.05) is 26.4 Å². The number of ether oxygens (including phenoxy) is 1. The predicted octanol–water partition coefficient (Wildman–Crippen LogP) is 1.36. The monoisotopic (exact) mass is 288 g/mol. The molecule has 1 heterocycles. The summed E-state index contributed by atoms with van der Waals surface area (Å²) in [7, 11) is 1.60. The van der Waals surface area contributed by atoms with Gasteiger partial charge >= 0.3 is 6.03 Å². The Morgan fingerprint density at radius 3 is 2.76 bits per heavy atom. The second kappa shape index (κ2) is 8.06. The topological polar surface area (TPSA) is 68.2 Å². The highest BCUT2D eigenvalue weighted by Crippen LogP contribution is 2.07. The first-order valence-electron chi connectivity index (χ1n) is 6.89. The molecule has 0 aliphatic carbocycles. The number of carbonyl (C=O) groups excluding carboxylic acids is 1. The smallest absolute Gasteiger partial charge is 0.314 e. The Hall–Kier alpha value is -2.34. The first-order chi connectivity index (χ1) is 10.3. The van der Waals surface area contributed by atoms with Crippen LogP contribution in [0.3, 0.4) is 0 Å². The quantitative estimate of drug-likeness (QED) is 0.756. The second-order valence-corrected chi connectivity index (χ2v) is 4.55. The zero-order valence-corrected chi connectivity index (χ0v) is 12.1. The molecule has 0 bridgehead atoms. The van der Waals surface area contributed by atoms with Crippen molar-refractivity contribution in [2.75, 3.05) is 26.8 Å². The lowest BCUT2D eigenvalue weighted by Crippen LogP contribution is -2.38. The van der Waals surface area contributed by atoms with Gasteiger partial charge < -0.3 is 15.4 Å². The van der Waals surface area contributed by atoms with E-state index >= 15 is 0 Å². The summed E-state index contributed by atoms with van der Waals surface area (Å²) >= 11 is 0. The lowest BCUT2D eigenvalue weighted by atomic mass is 10.2. The Kier molecular flexibility index (Phi) is 5.78. The van der Waals surface area contributed by atoms with Gasteiger partial charge in [-0.2, -0.15) is 5.10 Å². The van der Waals surface area contributed by atoms with Gasteiger partial charge in [-0.25, -0.2) is 9.48 Å². The van der Waals surface area contributed by atoms with Crippen molar-refractivity contribution in [1.29, 1.82) is 0 Å². The lowest BCUT2D eigenvalue weighted by molar-refractivity contribution is 0.196. The van der Waals surface area contributed by atoms with E-state index in [2.05, 4.69) is 15.7 Å². The summed E-state index contributed by atoms with van der Waals surface area (Å²) in [6.45, 7) is 1.59. The van der Waals surface area contributed by atoms with E-state index in [0.717, 1.165) is 17.7 Å². The molecule has 2 amide bonds. The van der Waals surface area contributed by atoms with Crippen molar-refractivity contribution < 1.29 is 9.53 Å². The van der Waals surface area contributed by atoms with Crippen molar-refractivity contribution in [2.45, 2.75) is 6.42 Å². The predicted molar refractivity (Wildman–Crippen MR) is 80.5 cm³/mol. The molecule has 1 aromatic carbocycles. The summed E-state index contributed by atoms with van der Waals surface area (Å²) in [5.41, 5.74) is 2.10. The van der Waals surface area contributed by atoms with Crippen LogP contribution in [-0.4, -0.2) is 42.6 Å². The van der Waals surface area contributed by atoms with E-state index in [1.54, 1.807) is 7.11 Å². The third-order valence-corrected chi connectivity index (χ3v) is 2.95. The highest BCUT2D eigenvalue weighted by atomic mass is 16.5. The Bertz CT molecular complexity index is 554. The molecule has 0 unspecified atom stereocenters. The molecule has 1 aromatic heterocycles. The average Bonchev–Trinajstić information content (AvgIpc) is 2.97. The van der Waals surface area contributed by atoms with Crippen molar-refractivity contribution in [3.05, 3.63) is 48.3 Å². The average molecular weight is 288 g/mol. The molecule has 112 valence electrons. The van der Waals surface area contributed by atoms with Gasteiger partial charge in [-0.05, 0) is 24.1 Å². The molecule has 0 radical (unpaired) electrons. The van der Waals surface area contributed by atoms with Crippen molar-refractivity contribution in [3.8, 4) is 5.69 Å². The van der Waals surface area contributed by atoms with Gasteiger partial charge in [0.05, 0.1) is 18.5 Å². The normalized spacial score (nSPS) is 10.3. The zero-order chi connectivity index (χ0) is 14.9. The Morgan fingerprint density at radius 1 is 1.24 bits per heavy atom. The molecule has 0 spiro atoms. The largest absolute Gasteiger partial charge is 0.383 e. The molecule has 21 heavy (non-hydrogen) atoms. The number of nitrogens with one attached hydrogen (secondary N) is 2. The van der Waals surface area contributed by atoms with Crippen molar-refractivity contribution in [2.24, 2.45) is 0 Å². The molecule has 6 nitrogen and oxygen atoms in total. The third-order valence-electron chi connectivity index (χ3n) is 2.95. The number of rotatable bonds is 7. The highest BCUT2D eigenvalue weighted by molar-refractivity contribution is 5.73. The number of hydrogen-bond acceptors (Lipinski definition) is 3. The van der Waals surface area contributed by atoms with Gasteiger partial charge in [-0.3, -0.25) is 0 Å². The molecule has 6 heteroatoms. The summed E-state index contributed by atoms with van der Waals surface area (Å²) in [6.07, 6.45) is 4.53. The van der Waals surface area contributed by atoms with Crippen LogP contribution in [0.25, 0.3) is 5.69 Å². The summed E-state index contributed by atoms with van der Waals surface area (Å²) in [4.78, 5) is 11.4. The van der Waals surface area contributed by atoms with Gasteiger partial charge in [-0.1, -0.05) is 18.2 Å². The molecule has 0 fully saturated rings. The van der Waals surface area contributed by atoms with Crippen LogP contribution in [0.1, 0.15) is 5.56 Å². The molecular weight excluding hydrogens is 268 g/mol. The summed E-state index contributed by atoms with van der Waals surface area (Å²) < 4.78 is 6.68. The molecule has 0 saturated carbocycles. The van der Waals surface area contributed by atoms with Gasteiger partial charge in [0.15, 0.2) is 0 Å². The Labute approximate surface area is 124 Å². The first kappa shape index (κ1) is 15.1. The Morgan fingerprint density at radius 2 is 2.00 bits per heavy atom. The van der Waals surface area contributed by atoms with E-state index in [0.29, 0.717) is 19.7 Å². The lowest BCUT2D eigenvalue weighted by Gasteiger charge is -2.06. The number of carbonyl (C=O) groups is 1. The molecule has 0 saturated heterocycles. The molecule has 0 aliphatic heterocycles. The SMILES string of the molecule is COCCNC(=O)NCCc1cnn(-c2ccccc2)c1. The van der Waals surface area contributed by atoms with Crippen LogP contribution in [0.4, 0.5) is 4.79 Å². The van der Waals surface area contributed by atoms with E-state index in [9.17, 15) is 4.79 Å². The van der Waals surface area contributed by atoms with Crippen molar-refractivity contribution >= 4 is 6.03 Å². The maximum atomic E-state index is 11.4. The maximum Gasteiger partial charge on any atom is 0.314 e. The van der Waals surface area contributed by atoms with Gasteiger partial charge in [0.2, 0.25) is 0 Å². The van der Waals surface area contributed by atoms with Crippen molar-refractivity contribution in [1.82, 2.24) is 20.4 Å².